The van der Waals surface area contributed by atoms with Gasteiger partial charge in [-0.2, -0.15) is 0 Å². The first-order valence-corrected chi connectivity index (χ1v) is 12.8. The van der Waals surface area contributed by atoms with Crippen LogP contribution in [0.1, 0.15) is 58.9 Å². The number of piperidine rings is 1. The number of halogens is 1. The maximum absolute atomic E-state index is 13.1. The van der Waals surface area contributed by atoms with E-state index in [2.05, 4.69) is 48.6 Å². The fraction of sp³-hybridized carbons (Fsp3) is 0.708. The molecule has 0 spiro atoms. The van der Waals surface area contributed by atoms with E-state index in [0.717, 1.165) is 60.9 Å². The lowest BCUT2D eigenvalue weighted by Crippen LogP contribution is -2.45. The number of nitrogens with two attached hydrogens (primary N) is 1. The molecule has 9 heteroatoms. The minimum absolute atomic E-state index is 0.186. The van der Waals surface area contributed by atoms with E-state index in [1.807, 2.05) is 25.7 Å². The highest BCUT2D eigenvalue weighted by molar-refractivity contribution is 9.10. The Morgan fingerprint density at radius 1 is 1.24 bits per heavy atom. The zero-order chi connectivity index (χ0) is 23.8. The fourth-order valence-corrected chi connectivity index (χ4v) is 6.00. The average molecular weight is 522 g/mol. The number of hydrogen-bond donors (Lipinski definition) is 1. The highest BCUT2D eigenvalue weighted by atomic mass is 79.9. The summed E-state index contributed by atoms with van der Waals surface area (Å²) in [6.07, 6.45) is 8.91. The molecule has 2 aliphatic rings. The third-order valence-corrected chi connectivity index (χ3v) is 7.43. The van der Waals surface area contributed by atoms with E-state index in [1.165, 1.54) is 19.2 Å². The Labute approximate surface area is 205 Å². The molecule has 4 rings (SSSR count). The van der Waals surface area contributed by atoms with Crippen molar-refractivity contribution in [2.45, 2.75) is 64.5 Å². The van der Waals surface area contributed by atoms with Gasteiger partial charge in [0.1, 0.15) is 23.4 Å². The van der Waals surface area contributed by atoms with Gasteiger partial charge in [-0.25, -0.2) is 14.8 Å². The lowest BCUT2D eigenvalue weighted by atomic mass is 9.97. The van der Waals surface area contributed by atoms with Crippen LogP contribution < -0.4 is 5.73 Å². The predicted octanol–water partition coefficient (Wildman–Crippen LogP) is 4.70. The monoisotopic (exact) mass is 520 g/mol. The van der Waals surface area contributed by atoms with Crippen molar-refractivity contribution >= 4 is 38.9 Å². The maximum Gasteiger partial charge on any atom is 0.410 e. The normalized spacial score (nSPS) is 24.3. The number of rotatable bonds is 5. The maximum atomic E-state index is 13.1. The first kappa shape index (κ1) is 24.3. The Bertz CT molecular complexity index is 987. The van der Waals surface area contributed by atoms with E-state index < -0.39 is 5.60 Å². The van der Waals surface area contributed by atoms with Gasteiger partial charge in [0.2, 0.25) is 0 Å². The van der Waals surface area contributed by atoms with E-state index in [-0.39, 0.29) is 6.09 Å². The second-order valence-electron chi connectivity index (χ2n) is 10.8. The molecule has 1 aliphatic carbocycles. The van der Waals surface area contributed by atoms with Gasteiger partial charge in [-0.15, -0.1) is 0 Å². The number of nitrogen functional groups attached to an aromatic ring is 1. The van der Waals surface area contributed by atoms with Gasteiger partial charge in [0, 0.05) is 36.3 Å². The summed E-state index contributed by atoms with van der Waals surface area (Å²) in [6, 6.07) is 0.333. The van der Waals surface area contributed by atoms with Gasteiger partial charge in [0.15, 0.2) is 0 Å². The van der Waals surface area contributed by atoms with Gasteiger partial charge in [-0.1, -0.05) is 0 Å². The summed E-state index contributed by atoms with van der Waals surface area (Å²) < 4.78 is 8.95. The number of aromatic nitrogens is 3. The topological polar surface area (TPSA) is 89.5 Å². The van der Waals surface area contributed by atoms with Crippen LogP contribution in [0.25, 0.3) is 11.0 Å². The van der Waals surface area contributed by atoms with E-state index in [0.29, 0.717) is 23.7 Å². The number of carbonyl (C=O) groups excluding carboxylic acids is 1. The first-order chi connectivity index (χ1) is 15.6. The van der Waals surface area contributed by atoms with Crippen molar-refractivity contribution in [3.05, 3.63) is 17.0 Å². The van der Waals surface area contributed by atoms with E-state index in [4.69, 9.17) is 10.5 Å². The SMILES string of the molecule is CN1CCC[C@H](CN(C[C@@H]2CC[C@H](n3cc(Br)c4c(N)ncnc43)C2)C(=O)OC(C)(C)C)C1. The molecule has 3 heterocycles. The minimum atomic E-state index is -0.493. The van der Waals surface area contributed by atoms with E-state index in [9.17, 15) is 4.79 Å². The molecule has 8 nitrogen and oxygen atoms in total. The van der Waals surface area contributed by atoms with Gasteiger partial charge in [-0.3, -0.25) is 0 Å². The predicted molar refractivity (Wildman–Crippen MR) is 134 cm³/mol. The van der Waals surface area contributed by atoms with Crippen LogP contribution in [0.3, 0.4) is 0 Å². The van der Waals surface area contributed by atoms with Crippen LogP contribution in [0, 0.1) is 11.8 Å². The second kappa shape index (κ2) is 9.78. The Morgan fingerprint density at radius 2 is 2.00 bits per heavy atom. The zero-order valence-corrected chi connectivity index (χ0v) is 21.8. The van der Waals surface area contributed by atoms with Gasteiger partial charge in [-0.05, 0) is 94.2 Å². The molecule has 0 unspecified atom stereocenters. The summed E-state index contributed by atoms with van der Waals surface area (Å²) in [4.78, 5) is 26.1. The summed E-state index contributed by atoms with van der Waals surface area (Å²) in [6.45, 7) is 9.49. The Morgan fingerprint density at radius 3 is 2.73 bits per heavy atom. The van der Waals surface area contributed by atoms with Crippen LogP contribution in [-0.2, 0) is 4.74 Å². The molecule has 1 saturated heterocycles. The average Bonchev–Trinajstić information content (AvgIpc) is 3.31. The van der Waals surface area contributed by atoms with Crippen molar-refractivity contribution in [2.24, 2.45) is 11.8 Å². The Kier molecular flexibility index (Phi) is 7.19. The van der Waals surface area contributed by atoms with Crippen LogP contribution in [0.5, 0.6) is 0 Å². The number of amides is 1. The quantitative estimate of drug-likeness (QED) is 0.614. The Hall–Kier alpha value is -1.87. The third-order valence-electron chi connectivity index (χ3n) is 6.83. The molecular formula is C24H37BrN6O2. The molecule has 0 bridgehead atoms. The number of anilines is 1. The molecule has 1 aliphatic heterocycles. The van der Waals surface area contributed by atoms with Crippen molar-refractivity contribution < 1.29 is 9.53 Å². The molecule has 0 radical (unpaired) electrons. The van der Waals surface area contributed by atoms with Crippen molar-refractivity contribution in [3.8, 4) is 0 Å². The molecule has 3 atom stereocenters. The summed E-state index contributed by atoms with van der Waals surface area (Å²) in [5.74, 6) is 1.42. The lowest BCUT2D eigenvalue weighted by Gasteiger charge is -2.35. The first-order valence-electron chi connectivity index (χ1n) is 12.0. The second-order valence-corrected chi connectivity index (χ2v) is 11.7. The van der Waals surface area contributed by atoms with Gasteiger partial charge in [0.25, 0.3) is 0 Å². The number of hydrogen-bond acceptors (Lipinski definition) is 6. The minimum Gasteiger partial charge on any atom is -0.444 e. The number of ether oxygens (including phenoxy) is 1. The molecule has 2 aromatic heterocycles. The van der Waals surface area contributed by atoms with Crippen LogP contribution >= 0.6 is 15.9 Å². The highest BCUT2D eigenvalue weighted by Crippen LogP contribution is 2.39. The standard InChI is InChI=1S/C24H37BrN6O2/c1-24(2,3)33-23(32)30(13-17-6-5-9-29(4)11-17)12-16-7-8-18(10-16)31-14-19(25)20-21(26)27-15-28-22(20)31/h14-18H,5-13H2,1-4H3,(H2,26,27,28)/t16-,17+,18+/m1/s1. The summed E-state index contributed by atoms with van der Waals surface area (Å²) in [5.41, 5.74) is 6.47. The molecule has 2 aromatic rings. The van der Waals surface area contributed by atoms with Crippen molar-refractivity contribution in [1.29, 1.82) is 0 Å². The number of fused-ring (bicyclic) bond motifs is 1. The van der Waals surface area contributed by atoms with Gasteiger partial charge < -0.3 is 24.8 Å². The number of likely N-dealkylation sites (tertiary alicyclic amines) is 1. The summed E-state index contributed by atoms with van der Waals surface area (Å²) in [7, 11) is 2.17. The molecule has 2 N–H and O–H groups in total. The molecule has 0 aromatic carbocycles. The largest absolute Gasteiger partial charge is 0.444 e. The molecular weight excluding hydrogens is 484 g/mol. The Balaban J connectivity index is 1.46. The van der Waals surface area contributed by atoms with Crippen molar-refractivity contribution in [1.82, 2.24) is 24.3 Å². The van der Waals surface area contributed by atoms with Crippen molar-refractivity contribution in [3.63, 3.8) is 0 Å². The molecule has 33 heavy (non-hydrogen) atoms. The van der Waals surface area contributed by atoms with Gasteiger partial charge >= 0.3 is 6.09 Å². The van der Waals surface area contributed by atoms with E-state index in [1.54, 1.807) is 0 Å². The third kappa shape index (κ3) is 5.80. The molecule has 1 amide bonds. The van der Waals surface area contributed by atoms with Crippen LogP contribution in [-0.4, -0.2) is 69.3 Å². The molecule has 182 valence electrons. The summed E-state index contributed by atoms with van der Waals surface area (Å²) in [5, 5.41) is 0.873. The van der Waals surface area contributed by atoms with E-state index >= 15 is 0 Å². The fourth-order valence-electron chi connectivity index (χ4n) is 5.40. The van der Waals surface area contributed by atoms with Gasteiger partial charge in [0.05, 0.1) is 5.39 Å². The van der Waals surface area contributed by atoms with Crippen molar-refractivity contribution in [2.75, 3.05) is 39.0 Å². The van der Waals surface area contributed by atoms with Crippen LogP contribution in [0.2, 0.25) is 0 Å². The lowest BCUT2D eigenvalue weighted by molar-refractivity contribution is 0.0161. The number of nitrogens with zero attached hydrogens (tertiary/aromatic N) is 5. The highest BCUT2D eigenvalue weighted by Gasteiger charge is 2.33. The smallest absolute Gasteiger partial charge is 0.410 e. The summed E-state index contributed by atoms with van der Waals surface area (Å²) >= 11 is 3.62. The van der Waals surface area contributed by atoms with Crippen LogP contribution in [0.4, 0.5) is 10.6 Å². The van der Waals surface area contributed by atoms with Crippen LogP contribution in [0.15, 0.2) is 17.0 Å². The zero-order valence-electron chi connectivity index (χ0n) is 20.3. The molecule has 1 saturated carbocycles. The molecule has 2 fully saturated rings. The number of carbonyl (C=O) groups is 1.